The van der Waals surface area contributed by atoms with Gasteiger partial charge in [-0.3, -0.25) is 0 Å². The number of rotatable bonds is 7. The monoisotopic (exact) mass is 273 g/mol. The van der Waals surface area contributed by atoms with Gasteiger partial charge in [-0.2, -0.15) is 0 Å². The summed E-state index contributed by atoms with van der Waals surface area (Å²) >= 11 is 0. The highest BCUT2D eigenvalue weighted by Crippen LogP contribution is 2.25. The van der Waals surface area contributed by atoms with E-state index in [1.54, 1.807) is 4.31 Å². The minimum atomic E-state index is -3.00. The summed E-state index contributed by atoms with van der Waals surface area (Å²) in [6.45, 7) is 3.25. The molecule has 2 rings (SSSR count). The zero-order chi connectivity index (χ0) is 12.8. The second-order valence-corrected chi connectivity index (χ2v) is 7.52. The standard InChI is InChI=1S/C13H25N2O2S/c16-18(17,15-9-2-1-3-10-15)11-5-8-14-12-13-6-4-7-13/h1,13-14H,2-12H2. The van der Waals surface area contributed by atoms with Crippen LogP contribution in [0.4, 0.5) is 0 Å². The Balaban J connectivity index is 1.58. The summed E-state index contributed by atoms with van der Waals surface area (Å²) in [7, 11) is -3.00. The van der Waals surface area contributed by atoms with Crippen LogP contribution in [0.3, 0.4) is 0 Å². The highest BCUT2D eigenvalue weighted by molar-refractivity contribution is 7.89. The van der Waals surface area contributed by atoms with Crippen molar-refractivity contribution in [2.45, 2.75) is 38.5 Å². The predicted octanol–water partition coefficient (Wildman–Crippen LogP) is 1.40. The van der Waals surface area contributed by atoms with Crippen molar-refractivity contribution in [3.63, 3.8) is 0 Å². The first-order valence-electron chi connectivity index (χ1n) is 7.19. The number of hydrogen-bond acceptors (Lipinski definition) is 3. The molecule has 0 spiro atoms. The Morgan fingerprint density at radius 1 is 1.22 bits per heavy atom. The summed E-state index contributed by atoms with van der Waals surface area (Å²) in [5.41, 5.74) is 0. The van der Waals surface area contributed by atoms with E-state index >= 15 is 0 Å². The van der Waals surface area contributed by atoms with Crippen LogP contribution in [0.2, 0.25) is 0 Å². The van der Waals surface area contributed by atoms with Gasteiger partial charge in [0.15, 0.2) is 0 Å². The first kappa shape index (κ1) is 14.3. The first-order chi connectivity index (χ1) is 8.68. The molecule has 1 saturated heterocycles. The van der Waals surface area contributed by atoms with E-state index in [2.05, 4.69) is 11.7 Å². The van der Waals surface area contributed by atoms with E-state index in [1.165, 1.54) is 19.3 Å². The third kappa shape index (κ3) is 4.21. The molecule has 2 fully saturated rings. The Morgan fingerprint density at radius 2 is 1.94 bits per heavy atom. The number of nitrogens with zero attached hydrogens (tertiary/aromatic N) is 1. The Bertz CT molecular complexity index is 333. The fourth-order valence-electron chi connectivity index (χ4n) is 2.52. The average Bonchev–Trinajstić information content (AvgIpc) is 2.32. The lowest BCUT2D eigenvalue weighted by atomic mass is 9.85. The van der Waals surface area contributed by atoms with Crippen LogP contribution in [0.15, 0.2) is 0 Å². The molecular formula is C13H25N2O2S. The van der Waals surface area contributed by atoms with Crippen molar-refractivity contribution in [1.29, 1.82) is 0 Å². The lowest BCUT2D eigenvalue weighted by molar-refractivity contribution is 0.302. The van der Waals surface area contributed by atoms with E-state index in [9.17, 15) is 8.42 Å². The van der Waals surface area contributed by atoms with Crippen LogP contribution < -0.4 is 5.32 Å². The van der Waals surface area contributed by atoms with Gasteiger partial charge in [0, 0.05) is 13.1 Å². The van der Waals surface area contributed by atoms with Crippen LogP contribution in [0, 0.1) is 12.3 Å². The van der Waals surface area contributed by atoms with Crippen LogP contribution in [-0.4, -0.2) is 44.7 Å². The zero-order valence-corrected chi connectivity index (χ0v) is 11.9. The molecule has 1 saturated carbocycles. The third-order valence-electron chi connectivity index (χ3n) is 3.97. The van der Waals surface area contributed by atoms with Crippen molar-refractivity contribution in [2.24, 2.45) is 5.92 Å². The molecule has 2 aliphatic rings. The van der Waals surface area contributed by atoms with Crippen molar-refractivity contribution in [3.8, 4) is 0 Å². The SMILES string of the molecule is O=S(=O)(CCCNCC1CCC1)N1CC[CH]CC1. The van der Waals surface area contributed by atoms with Crippen molar-refractivity contribution >= 4 is 10.0 Å². The van der Waals surface area contributed by atoms with E-state index in [0.717, 1.165) is 38.3 Å². The molecule has 1 aliphatic carbocycles. The Hall–Kier alpha value is -0.130. The van der Waals surface area contributed by atoms with E-state index < -0.39 is 10.0 Å². The van der Waals surface area contributed by atoms with Gasteiger partial charge in [0.05, 0.1) is 5.75 Å². The number of hydrogen-bond donors (Lipinski definition) is 1. The second kappa shape index (κ2) is 6.87. The fourth-order valence-corrected chi connectivity index (χ4v) is 4.05. The van der Waals surface area contributed by atoms with Gasteiger partial charge >= 0.3 is 0 Å². The third-order valence-corrected chi connectivity index (χ3v) is 5.93. The van der Waals surface area contributed by atoms with Gasteiger partial charge in [-0.1, -0.05) is 6.42 Å². The van der Waals surface area contributed by atoms with Crippen molar-refractivity contribution in [1.82, 2.24) is 9.62 Å². The molecule has 4 nitrogen and oxygen atoms in total. The molecule has 0 aromatic rings. The van der Waals surface area contributed by atoms with E-state index in [1.807, 2.05) is 0 Å². The molecule has 0 amide bonds. The summed E-state index contributed by atoms with van der Waals surface area (Å²) < 4.78 is 25.7. The second-order valence-electron chi connectivity index (χ2n) is 5.44. The molecule has 0 atom stereocenters. The van der Waals surface area contributed by atoms with Gasteiger partial charge < -0.3 is 5.32 Å². The smallest absolute Gasteiger partial charge is 0.214 e. The maximum Gasteiger partial charge on any atom is 0.214 e. The topological polar surface area (TPSA) is 49.4 Å². The molecule has 0 aromatic heterocycles. The van der Waals surface area contributed by atoms with Crippen LogP contribution in [0.25, 0.3) is 0 Å². The van der Waals surface area contributed by atoms with Crippen LogP contribution >= 0.6 is 0 Å². The number of sulfonamides is 1. The molecular weight excluding hydrogens is 248 g/mol. The van der Waals surface area contributed by atoms with Gasteiger partial charge in [-0.05, 0) is 57.5 Å². The molecule has 18 heavy (non-hydrogen) atoms. The zero-order valence-electron chi connectivity index (χ0n) is 11.1. The van der Waals surface area contributed by atoms with Crippen molar-refractivity contribution in [3.05, 3.63) is 6.42 Å². The molecule has 1 aliphatic heterocycles. The molecule has 0 aromatic carbocycles. The highest BCUT2D eigenvalue weighted by Gasteiger charge is 2.23. The van der Waals surface area contributed by atoms with Gasteiger partial charge in [0.25, 0.3) is 0 Å². The molecule has 1 N–H and O–H groups in total. The van der Waals surface area contributed by atoms with Crippen LogP contribution in [0.1, 0.15) is 38.5 Å². The maximum absolute atomic E-state index is 12.0. The number of nitrogens with one attached hydrogen (secondary N) is 1. The molecule has 105 valence electrons. The predicted molar refractivity (Wildman–Crippen MR) is 73.7 cm³/mol. The van der Waals surface area contributed by atoms with E-state index in [0.29, 0.717) is 18.8 Å². The number of piperidine rings is 1. The minimum Gasteiger partial charge on any atom is -0.316 e. The normalized spacial score (nSPS) is 22.9. The maximum atomic E-state index is 12.0. The molecule has 1 heterocycles. The van der Waals surface area contributed by atoms with Gasteiger partial charge in [0.2, 0.25) is 10.0 Å². The van der Waals surface area contributed by atoms with Gasteiger partial charge in [-0.15, -0.1) is 0 Å². The molecule has 1 radical (unpaired) electrons. The quantitative estimate of drug-likeness (QED) is 0.713. The van der Waals surface area contributed by atoms with E-state index in [4.69, 9.17) is 0 Å². The van der Waals surface area contributed by atoms with E-state index in [-0.39, 0.29) is 0 Å². The lowest BCUT2D eigenvalue weighted by Crippen LogP contribution is -2.38. The highest BCUT2D eigenvalue weighted by atomic mass is 32.2. The van der Waals surface area contributed by atoms with Crippen molar-refractivity contribution < 1.29 is 8.42 Å². The fraction of sp³-hybridized carbons (Fsp3) is 0.923. The summed E-state index contributed by atoms with van der Waals surface area (Å²) in [5, 5.41) is 3.37. The molecule has 5 heteroatoms. The van der Waals surface area contributed by atoms with Gasteiger partial charge in [-0.25, -0.2) is 12.7 Å². The van der Waals surface area contributed by atoms with Crippen molar-refractivity contribution in [2.75, 3.05) is 31.9 Å². The first-order valence-corrected chi connectivity index (χ1v) is 8.79. The largest absolute Gasteiger partial charge is 0.316 e. The van der Waals surface area contributed by atoms with Gasteiger partial charge in [0.1, 0.15) is 0 Å². The summed E-state index contributed by atoms with van der Waals surface area (Å²) in [4.78, 5) is 0. The Kier molecular flexibility index (Phi) is 5.45. The Morgan fingerprint density at radius 3 is 2.56 bits per heavy atom. The minimum absolute atomic E-state index is 0.296. The summed E-state index contributed by atoms with van der Waals surface area (Å²) in [5.74, 6) is 1.14. The Labute approximate surface area is 111 Å². The summed E-state index contributed by atoms with van der Waals surface area (Å²) in [6, 6.07) is 0. The lowest BCUT2D eigenvalue weighted by Gasteiger charge is -2.26. The van der Waals surface area contributed by atoms with Crippen LogP contribution in [-0.2, 0) is 10.0 Å². The summed E-state index contributed by atoms with van der Waals surface area (Å²) in [6.07, 6.45) is 8.76. The van der Waals surface area contributed by atoms with Crippen LogP contribution in [0.5, 0.6) is 0 Å². The molecule has 0 unspecified atom stereocenters. The molecule has 0 bridgehead atoms. The average molecular weight is 273 g/mol.